The number of hydrogen-bond donors (Lipinski definition) is 1. The molecule has 8 heteroatoms. The summed E-state index contributed by atoms with van der Waals surface area (Å²) in [6, 6.07) is 0. The summed E-state index contributed by atoms with van der Waals surface area (Å²) in [7, 11) is -3.21. The van der Waals surface area contributed by atoms with Crippen LogP contribution in [0.1, 0.15) is 6.42 Å². The first-order valence-corrected chi connectivity index (χ1v) is 4.39. The van der Waals surface area contributed by atoms with Crippen molar-refractivity contribution in [3.05, 3.63) is 0 Å². The number of carbonyl (C=O) groups is 2. The largest absolute Gasteiger partial charge is 0.595 e. The fraction of sp³-hybridized carbons (Fsp3) is 0.600. The molecule has 2 atom stereocenters. The molecule has 0 aliphatic rings. The van der Waals surface area contributed by atoms with Gasteiger partial charge in [-0.15, -0.1) is 0 Å². The van der Waals surface area contributed by atoms with E-state index in [9.17, 15) is 29.3 Å². The van der Waals surface area contributed by atoms with Crippen LogP contribution in [0.3, 0.4) is 0 Å². The van der Waals surface area contributed by atoms with E-state index in [1.165, 1.54) is 0 Å². The van der Waals surface area contributed by atoms with Gasteiger partial charge in [0.1, 0.15) is 0 Å². The third-order valence-corrected chi connectivity index (χ3v) is 1.99. The summed E-state index contributed by atoms with van der Waals surface area (Å²) >= 11 is 0. The highest BCUT2D eigenvalue weighted by Crippen LogP contribution is 2.20. The minimum Gasteiger partial charge on any atom is -0.595 e. The molecule has 0 aromatic heterocycles. The molecule has 7 nitrogen and oxygen atoms in total. The first-order valence-electron chi connectivity index (χ1n) is 3.03. The SMILES string of the molecule is O=C([O-])CC(O)(C[P+](=O)[O-])C(=O)[O-]. The smallest absolute Gasteiger partial charge is 0.312 e. The van der Waals surface area contributed by atoms with Gasteiger partial charge in [0, 0.05) is 12.4 Å². The van der Waals surface area contributed by atoms with Gasteiger partial charge in [0.25, 0.3) is 0 Å². The van der Waals surface area contributed by atoms with Crippen LogP contribution in [-0.4, -0.2) is 28.8 Å². The fourth-order valence-corrected chi connectivity index (χ4v) is 1.31. The molecule has 0 bridgehead atoms. The molecule has 13 heavy (non-hydrogen) atoms. The Morgan fingerprint density at radius 1 is 1.38 bits per heavy atom. The van der Waals surface area contributed by atoms with Gasteiger partial charge in [0.05, 0.1) is 5.97 Å². The van der Waals surface area contributed by atoms with Gasteiger partial charge >= 0.3 is 8.03 Å². The number of rotatable bonds is 5. The van der Waals surface area contributed by atoms with Crippen LogP contribution >= 0.6 is 8.03 Å². The van der Waals surface area contributed by atoms with E-state index in [1.807, 2.05) is 0 Å². The zero-order chi connectivity index (χ0) is 10.6. The molecule has 2 unspecified atom stereocenters. The molecule has 0 fully saturated rings. The Hall–Kier alpha value is -1.04. The van der Waals surface area contributed by atoms with Gasteiger partial charge in [-0.2, -0.15) is 0 Å². The van der Waals surface area contributed by atoms with Gasteiger partial charge < -0.3 is 29.8 Å². The zero-order valence-electron chi connectivity index (χ0n) is 6.26. The van der Waals surface area contributed by atoms with Crippen molar-refractivity contribution in [3.8, 4) is 0 Å². The summed E-state index contributed by atoms with van der Waals surface area (Å²) < 4.78 is 10.1. The maximum atomic E-state index is 10.2. The Morgan fingerprint density at radius 2 is 1.85 bits per heavy atom. The number of carboxylic acid groups (broad SMARTS) is 2. The second kappa shape index (κ2) is 4.27. The maximum Gasteiger partial charge on any atom is 0.312 e. The molecule has 0 heterocycles. The Morgan fingerprint density at radius 3 is 2.08 bits per heavy atom. The van der Waals surface area contributed by atoms with Crippen LogP contribution in [0.25, 0.3) is 0 Å². The fourth-order valence-electron chi connectivity index (χ4n) is 0.645. The second-order valence-corrected chi connectivity index (χ2v) is 3.34. The van der Waals surface area contributed by atoms with Gasteiger partial charge in [-0.1, -0.05) is 4.57 Å². The molecule has 0 aliphatic heterocycles. The van der Waals surface area contributed by atoms with Gasteiger partial charge in [-0.3, -0.25) is 0 Å². The predicted molar refractivity (Wildman–Crippen MR) is 32.1 cm³/mol. The van der Waals surface area contributed by atoms with E-state index < -0.39 is 38.2 Å². The Labute approximate surface area is 73.5 Å². The first kappa shape index (κ1) is 12.0. The first-order chi connectivity index (χ1) is 5.78. The van der Waals surface area contributed by atoms with Gasteiger partial charge in [-0.25, -0.2) is 0 Å². The number of carboxylic acids is 2. The van der Waals surface area contributed by atoms with Gasteiger partial charge in [0.15, 0.2) is 11.8 Å². The molecule has 0 saturated heterocycles. The van der Waals surface area contributed by atoms with Crippen LogP contribution < -0.4 is 15.1 Å². The molecular formula is C5H5O7P-2. The van der Waals surface area contributed by atoms with E-state index in [1.54, 1.807) is 0 Å². The topological polar surface area (TPSA) is 141 Å². The summed E-state index contributed by atoms with van der Waals surface area (Å²) in [5.41, 5.74) is -2.91. The molecule has 1 N–H and O–H groups in total. The third kappa shape index (κ3) is 3.93. The van der Waals surface area contributed by atoms with Crippen molar-refractivity contribution in [3.63, 3.8) is 0 Å². The van der Waals surface area contributed by atoms with Crippen molar-refractivity contribution in [2.45, 2.75) is 12.0 Å². The van der Waals surface area contributed by atoms with Crippen molar-refractivity contribution >= 4 is 20.0 Å². The quantitative estimate of drug-likeness (QED) is 0.450. The molecule has 0 radical (unpaired) electrons. The van der Waals surface area contributed by atoms with Crippen LogP contribution in [-0.2, 0) is 14.2 Å². The third-order valence-electron chi connectivity index (χ3n) is 1.21. The van der Waals surface area contributed by atoms with Crippen LogP contribution in [0.15, 0.2) is 0 Å². The van der Waals surface area contributed by atoms with Crippen molar-refractivity contribution in [1.29, 1.82) is 0 Å². The molecular weight excluding hydrogens is 203 g/mol. The lowest BCUT2D eigenvalue weighted by molar-refractivity contribution is -0.332. The molecule has 0 aromatic carbocycles. The highest BCUT2D eigenvalue weighted by Gasteiger charge is 2.34. The molecule has 0 aromatic rings. The van der Waals surface area contributed by atoms with Crippen LogP contribution in [0.2, 0.25) is 0 Å². The van der Waals surface area contributed by atoms with Crippen LogP contribution in [0.5, 0.6) is 0 Å². The Balaban J connectivity index is 4.62. The molecule has 0 amide bonds. The lowest BCUT2D eigenvalue weighted by Gasteiger charge is -2.25. The summed E-state index contributed by atoms with van der Waals surface area (Å²) in [5.74, 6) is -4.03. The number of aliphatic carboxylic acids is 2. The lowest BCUT2D eigenvalue weighted by Crippen LogP contribution is -2.53. The number of hydrogen-bond acceptors (Lipinski definition) is 7. The van der Waals surface area contributed by atoms with Gasteiger partial charge in [-0.05, 0) is 0 Å². The van der Waals surface area contributed by atoms with E-state index in [0.717, 1.165) is 0 Å². The maximum absolute atomic E-state index is 10.2. The minimum atomic E-state index is -3.21. The van der Waals surface area contributed by atoms with E-state index in [4.69, 9.17) is 5.11 Å². The van der Waals surface area contributed by atoms with Crippen molar-refractivity contribution < 1.29 is 34.4 Å². The average molecular weight is 208 g/mol. The second-order valence-electron chi connectivity index (χ2n) is 2.36. The van der Waals surface area contributed by atoms with E-state index >= 15 is 0 Å². The summed E-state index contributed by atoms with van der Waals surface area (Å²) in [5, 5.41) is 29.1. The van der Waals surface area contributed by atoms with Gasteiger partial charge in [0.2, 0.25) is 0 Å². The molecule has 74 valence electrons. The average Bonchev–Trinajstić information content (AvgIpc) is 1.82. The van der Waals surface area contributed by atoms with Crippen molar-refractivity contribution in [1.82, 2.24) is 0 Å². The molecule has 0 saturated carbocycles. The van der Waals surface area contributed by atoms with E-state index in [2.05, 4.69) is 0 Å². The zero-order valence-corrected chi connectivity index (χ0v) is 7.15. The lowest BCUT2D eigenvalue weighted by atomic mass is 10.0. The Kier molecular flexibility index (Phi) is 3.93. The highest BCUT2D eigenvalue weighted by atomic mass is 31.1. The highest BCUT2D eigenvalue weighted by molar-refractivity contribution is 7.36. The molecule has 0 aliphatic carbocycles. The predicted octanol–water partition coefficient (Wildman–Crippen LogP) is -4.29. The minimum absolute atomic E-state index is 1.21. The summed E-state index contributed by atoms with van der Waals surface area (Å²) in [6.45, 7) is 0. The van der Waals surface area contributed by atoms with E-state index in [-0.39, 0.29) is 0 Å². The van der Waals surface area contributed by atoms with E-state index in [0.29, 0.717) is 0 Å². The normalized spacial score (nSPS) is 16.0. The molecule has 0 spiro atoms. The van der Waals surface area contributed by atoms with Crippen molar-refractivity contribution in [2.24, 2.45) is 0 Å². The summed E-state index contributed by atoms with van der Waals surface area (Å²) in [6.07, 6.45) is -2.53. The monoisotopic (exact) mass is 208 g/mol. The Bertz CT molecular complexity index is 231. The number of aliphatic hydroxyl groups is 1. The number of carbonyl (C=O) groups excluding carboxylic acids is 2. The summed E-state index contributed by atoms with van der Waals surface area (Å²) in [4.78, 5) is 30.2. The standard InChI is InChI=1S/C5H7O7P/c6-3(7)1-5(10,4(8)9)2-13(11)12/h10H,1-2H2,(H,6,7)(H,8,9)/p-2. The van der Waals surface area contributed by atoms with Crippen molar-refractivity contribution in [2.75, 3.05) is 6.16 Å². The van der Waals surface area contributed by atoms with Crippen LogP contribution in [0.4, 0.5) is 0 Å². The van der Waals surface area contributed by atoms with Crippen LogP contribution in [0, 0.1) is 0 Å². The molecule has 0 rings (SSSR count).